The van der Waals surface area contributed by atoms with Crippen LogP contribution in [0.5, 0.6) is 0 Å². The van der Waals surface area contributed by atoms with Crippen molar-refractivity contribution in [2.45, 2.75) is 45.5 Å². The standard InChI is InChI=1S/C21H24F4/c1-6-8-21(24,25)15(5)17-10-16(14(4)19-9-13(19)3)11-18(12-17)20(22,23)7-2/h6,8,10-13,19H,4-5,7,9H2,1-3H3/b8-6+. The summed E-state index contributed by atoms with van der Waals surface area (Å²) < 4.78 is 56.9. The van der Waals surface area contributed by atoms with Crippen LogP contribution in [0.1, 0.15) is 50.3 Å². The largest absolute Gasteiger partial charge is 0.291 e. The predicted molar refractivity (Wildman–Crippen MR) is 95.7 cm³/mol. The van der Waals surface area contributed by atoms with Crippen LogP contribution in [0.4, 0.5) is 17.6 Å². The van der Waals surface area contributed by atoms with Crippen molar-refractivity contribution in [1.82, 2.24) is 0 Å². The van der Waals surface area contributed by atoms with Crippen molar-refractivity contribution >= 4 is 11.1 Å². The number of allylic oxidation sites excluding steroid dienone is 4. The summed E-state index contributed by atoms with van der Waals surface area (Å²) in [5, 5.41) is 0. The monoisotopic (exact) mass is 352 g/mol. The molecule has 4 heteroatoms. The second kappa shape index (κ2) is 6.81. The number of hydrogen-bond acceptors (Lipinski definition) is 0. The fraction of sp³-hybridized carbons (Fsp3) is 0.429. The summed E-state index contributed by atoms with van der Waals surface area (Å²) in [5.74, 6) is -5.71. The topological polar surface area (TPSA) is 0 Å². The lowest BCUT2D eigenvalue weighted by molar-refractivity contribution is -0.00837. The van der Waals surface area contributed by atoms with Crippen LogP contribution in [0.15, 0.2) is 43.5 Å². The van der Waals surface area contributed by atoms with Gasteiger partial charge in [0.2, 0.25) is 0 Å². The second-order valence-corrected chi connectivity index (χ2v) is 6.80. The van der Waals surface area contributed by atoms with Crippen molar-refractivity contribution in [2.75, 3.05) is 0 Å². The van der Waals surface area contributed by atoms with Gasteiger partial charge in [-0.05, 0) is 66.2 Å². The average molecular weight is 352 g/mol. The molecule has 0 radical (unpaired) electrons. The number of halogens is 4. The van der Waals surface area contributed by atoms with E-state index in [4.69, 9.17) is 0 Å². The van der Waals surface area contributed by atoms with Crippen LogP contribution in [0.3, 0.4) is 0 Å². The van der Waals surface area contributed by atoms with Gasteiger partial charge in [0.25, 0.3) is 11.8 Å². The van der Waals surface area contributed by atoms with Gasteiger partial charge in [0.1, 0.15) is 0 Å². The summed E-state index contributed by atoms with van der Waals surface area (Å²) in [7, 11) is 0. The van der Waals surface area contributed by atoms with Gasteiger partial charge in [-0.2, -0.15) is 8.78 Å². The first-order valence-electron chi connectivity index (χ1n) is 8.47. The van der Waals surface area contributed by atoms with Crippen LogP contribution < -0.4 is 0 Å². The molecule has 2 rings (SSSR count). The van der Waals surface area contributed by atoms with Gasteiger partial charge < -0.3 is 0 Å². The molecule has 1 saturated carbocycles. The number of rotatable bonds is 7. The lowest BCUT2D eigenvalue weighted by atomic mass is 9.90. The van der Waals surface area contributed by atoms with Crippen LogP contribution in [0.25, 0.3) is 11.1 Å². The van der Waals surface area contributed by atoms with E-state index < -0.39 is 23.8 Å². The van der Waals surface area contributed by atoms with Gasteiger partial charge in [0.15, 0.2) is 0 Å². The van der Waals surface area contributed by atoms with Crippen molar-refractivity contribution in [1.29, 1.82) is 0 Å². The molecule has 0 spiro atoms. The Morgan fingerprint density at radius 1 is 1.16 bits per heavy atom. The number of hydrogen-bond donors (Lipinski definition) is 0. The van der Waals surface area contributed by atoms with Gasteiger partial charge in [-0.1, -0.05) is 33.1 Å². The molecule has 2 unspecified atom stereocenters. The predicted octanol–water partition coefficient (Wildman–Crippen LogP) is 7.08. The summed E-state index contributed by atoms with van der Waals surface area (Å²) in [5.41, 5.74) is 0.488. The Bertz CT molecular complexity index is 713. The summed E-state index contributed by atoms with van der Waals surface area (Å²) in [6.07, 6.45) is 2.48. The van der Waals surface area contributed by atoms with E-state index in [1.165, 1.54) is 32.1 Å². The summed E-state index contributed by atoms with van der Waals surface area (Å²) in [4.78, 5) is 0. The molecule has 0 nitrogen and oxygen atoms in total. The van der Waals surface area contributed by atoms with E-state index >= 15 is 0 Å². The van der Waals surface area contributed by atoms with Crippen LogP contribution in [-0.4, -0.2) is 5.92 Å². The number of alkyl halides is 4. The van der Waals surface area contributed by atoms with Crippen LogP contribution >= 0.6 is 0 Å². The molecule has 0 heterocycles. The summed E-state index contributed by atoms with van der Waals surface area (Å²) >= 11 is 0. The molecule has 2 atom stereocenters. The van der Waals surface area contributed by atoms with Crippen LogP contribution in [0.2, 0.25) is 0 Å². The molecular formula is C21H24F4. The Balaban J connectivity index is 2.54. The van der Waals surface area contributed by atoms with Gasteiger partial charge >= 0.3 is 0 Å². The van der Waals surface area contributed by atoms with E-state index in [-0.39, 0.29) is 17.0 Å². The third-order valence-corrected chi connectivity index (χ3v) is 4.85. The molecule has 1 aromatic rings. The van der Waals surface area contributed by atoms with Crippen LogP contribution in [-0.2, 0) is 5.92 Å². The molecule has 0 bridgehead atoms. The van der Waals surface area contributed by atoms with Crippen LogP contribution in [0, 0.1) is 11.8 Å². The van der Waals surface area contributed by atoms with Gasteiger partial charge in [-0.3, -0.25) is 0 Å². The Hall–Kier alpha value is -1.84. The van der Waals surface area contributed by atoms with E-state index in [0.717, 1.165) is 24.1 Å². The molecule has 0 aliphatic heterocycles. The molecule has 25 heavy (non-hydrogen) atoms. The third-order valence-electron chi connectivity index (χ3n) is 4.85. The number of benzene rings is 1. The zero-order chi connectivity index (χ0) is 19.0. The van der Waals surface area contributed by atoms with E-state index in [1.54, 1.807) is 0 Å². The van der Waals surface area contributed by atoms with E-state index in [2.05, 4.69) is 20.1 Å². The first-order chi connectivity index (χ1) is 11.5. The fourth-order valence-electron chi connectivity index (χ4n) is 2.93. The van der Waals surface area contributed by atoms with Gasteiger partial charge in [0, 0.05) is 17.6 Å². The molecule has 1 aliphatic rings. The second-order valence-electron chi connectivity index (χ2n) is 6.80. The zero-order valence-electron chi connectivity index (χ0n) is 14.9. The Labute approximate surface area is 146 Å². The normalized spacial score (nSPS) is 20.8. The minimum absolute atomic E-state index is 0.0261. The lowest BCUT2D eigenvalue weighted by Crippen LogP contribution is -2.16. The molecule has 1 fully saturated rings. The average Bonchev–Trinajstić information content (AvgIpc) is 3.29. The quantitative estimate of drug-likeness (QED) is 0.363. The van der Waals surface area contributed by atoms with Crippen molar-refractivity contribution < 1.29 is 17.6 Å². The molecule has 1 aromatic carbocycles. The highest BCUT2D eigenvalue weighted by atomic mass is 19.3. The van der Waals surface area contributed by atoms with E-state index in [9.17, 15) is 17.6 Å². The Morgan fingerprint density at radius 2 is 1.72 bits per heavy atom. The smallest absolute Gasteiger partial charge is 0.201 e. The van der Waals surface area contributed by atoms with Crippen molar-refractivity contribution in [3.05, 3.63) is 60.2 Å². The highest BCUT2D eigenvalue weighted by Crippen LogP contribution is 2.48. The van der Waals surface area contributed by atoms with Gasteiger partial charge in [0.05, 0.1) is 0 Å². The summed E-state index contributed by atoms with van der Waals surface area (Å²) in [6.45, 7) is 12.4. The van der Waals surface area contributed by atoms with Crippen molar-refractivity contribution in [3.63, 3.8) is 0 Å². The van der Waals surface area contributed by atoms with E-state index in [1.807, 2.05) is 0 Å². The molecule has 0 aromatic heterocycles. The highest BCUT2D eigenvalue weighted by molar-refractivity contribution is 5.76. The minimum atomic E-state index is -3.29. The molecule has 0 N–H and O–H groups in total. The lowest BCUT2D eigenvalue weighted by Gasteiger charge is -2.21. The third kappa shape index (κ3) is 4.05. The van der Waals surface area contributed by atoms with Crippen molar-refractivity contribution in [2.24, 2.45) is 11.8 Å². The zero-order valence-corrected chi connectivity index (χ0v) is 14.9. The first kappa shape index (κ1) is 19.5. The minimum Gasteiger partial charge on any atom is -0.201 e. The molecule has 0 amide bonds. The maximum atomic E-state index is 14.2. The highest BCUT2D eigenvalue weighted by Gasteiger charge is 2.38. The maximum absolute atomic E-state index is 14.2. The van der Waals surface area contributed by atoms with E-state index in [0.29, 0.717) is 11.5 Å². The Kier molecular flexibility index (Phi) is 5.31. The SMILES string of the molecule is C=C(c1cc(C(=C)C(F)(F)/C=C/C)cc(C(F)(F)CC)c1)C1CC1C. The molecule has 1 aliphatic carbocycles. The first-order valence-corrected chi connectivity index (χ1v) is 8.47. The van der Waals surface area contributed by atoms with Gasteiger partial charge in [-0.25, -0.2) is 8.78 Å². The summed E-state index contributed by atoms with van der Waals surface area (Å²) in [6, 6.07) is 4.00. The Morgan fingerprint density at radius 3 is 2.20 bits per heavy atom. The van der Waals surface area contributed by atoms with Gasteiger partial charge in [-0.15, -0.1) is 0 Å². The fourth-order valence-corrected chi connectivity index (χ4v) is 2.93. The molecule has 136 valence electrons. The molecule has 0 saturated heterocycles. The maximum Gasteiger partial charge on any atom is 0.291 e. The molecular weight excluding hydrogens is 328 g/mol. The van der Waals surface area contributed by atoms with Crippen molar-refractivity contribution in [3.8, 4) is 0 Å².